The summed E-state index contributed by atoms with van der Waals surface area (Å²) < 4.78 is 26.2. The van der Waals surface area contributed by atoms with Gasteiger partial charge in [0.1, 0.15) is 11.9 Å². The highest BCUT2D eigenvalue weighted by Gasteiger charge is 2.38. The number of nitrogens with one attached hydrogen (secondary N) is 3. The van der Waals surface area contributed by atoms with Crippen molar-refractivity contribution in [3.63, 3.8) is 0 Å². The Morgan fingerprint density at radius 2 is 2.32 bits per heavy atom. The van der Waals surface area contributed by atoms with Crippen LogP contribution in [0, 0.1) is 6.92 Å². The topological polar surface area (TPSA) is 107 Å². The van der Waals surface area contributed by atoms with Gasteiger partial charge in [-0.1, -0.05) is 0 Å². The quantitative estimate of drug-likeness (QED) is 0.622. The van der Waals surface area contributed by atoms with Gasteiger partial charge in [-0.05, 0) is 6.92 Å². The number of carbonyl (C=O) groups is 1. The molecule has 1 aliphatic heterocycles. The summed E-state index contributed by atoms with van der Waals surface area (Å²) >= 11 is 0. The van der Waals surface area contributed by atoms with Crippen molar-refractivity contribution in [2.75, 3.05) is 26.7 Å². The fraction of sp³-hybridized carbons (Fsp3) is 0.600. The number of nitrogens with zero attached hydrogens (tertiary/aromatic N) is 2. The molecule has 2 rings (SSSR count). The predicted molar refractivity (Wildman–Crippen MR) is 67.9 cm³/mol. The van der Waals surface area contributed by atoms with Gasteiger partial charge in [0, 0.05) is 26.7 Å². The largest absolute Gasteiger partial charge is 0.358 e. The van der Waals surface area contributed by atoms with E-state index >= 15 is 0 Å². The maximum atomic E-state index is 12.5. The van der Waals surface area contributed by atoms with E-state index in [2.05, 4.69) is 20.6 Å². The number of aromatic amines is 1. The van der Waals surface area contributed by atoms with Crippen molar-refractivity contribution < 1.29 is 13.2 Å². The number of amides is 1. The van der Waals surface area contributed by atoms with Crippen molar-refractivity contribution in [2.45, 2.75) is 18.0 Å². The first-order valence-corrected chi connectivity index (χ1v) is 7.36. The lowest BCUT2D eigenvalue weighted by Gasteiger charge is -2.33. The van der Waals surface area contributed by atoms with Gasteiger partial charge in [-0.3, -0.25) is 4.79 Å². The number of likely N-dealkylation sites (N-methyl/N-ethyl adjacent to an activating group) is 1. The highest BCUT2D eigenvalue weighted by molar-refractivity contribution is 7.89. The fourth-order valence-electron chi connectivity index (χ4n) is 2.02. The number of aromatic nitrogens is 2. The van der Waals surface area contributed by atoms with Gasteiger partial charge in [-0.2, -0.15) is 4.31 Å². The Hall–Kier alpha value is -1.45. The van der Waals surface area contributed by atoms with Gasteiger partial charge >= 0.3 is 0 Å². The molecule has 1 aromatic heterocycles. The summed E-state index contributed by atoms with van der Waals surface area (Å²) in [5, 5.41) is 5.51. The van der Waals surface area contributed by atoms with Gasteiger partial charge in [-0.25, -0.2) is 13.4 Å². The summed E-state index contributed by atoms with van der Waals surface area (Å²) in [6.07, 6.45) is 1.27. The summed E-state index contributed by atoms with van der Waals surface area (Å²) in [7, 11) is -2.24. The number of carbonyl (C=O) groups excluding carboxylic acids is 1. The molecule has 19 heavy (non-hydrogen) atoms. The van der Waals surface area contributed by atoms with Crippen molar-refractivity contribution >= 4 is 15.9 Å². The summed E-state index contributed by atoms with van der Waals surface area (Å²) in [4.78, 5) is 18.4. The van der Waals surface area contributed by atoms with Crippen LogP contribution < -0.4 is 10.6 Å². The van der Waals surface area contributed by atoms with Crippen LogP contribution >= 0.6 is 0 Å². The lowest BCUT2D eigenvalue weighted by Crippen LogP contribution is -2.59. The van der Waals surface area contributed by atoms with E-state index in [0.29, 0.717) is 18.9 Å². The zero-order valence-electron chi connectivity index (χ0n) is 10.8. The van der Waals surface area contributed by atoms with Crippen molar-refractivity contribution in [2.24, 2.45) is 0 Å². The van der Waals surface area contributed by atoms with Crippen LogP contribution in [0.2, 0.25) is 0 Å². The molecular formula is C10H17N5O3S. The van der Waals surface area contributed by atoms with Gasteiger partial charge in [-0.15, -0.1) is 0 Å². The summed E-state index contributed by atoms with van der Waals surface area (Å²) in [6, 6.07) is -0.743. The molecule has 0 saturated carbocycles. The Morgan fingerprint density at radius 1 is 1.58 bits per heavy atom. The Bertz CT molecular complexity index is 567. The summed E-state index contributed by atoms with van der Waals surface area (Å²) in [6.45, 7) is 2.73. The number of piperazine rings is 1. The second-order valence-corrected chi connectivity index (χ2v) is 6.14. The minimum absolute atomic E-state index is 0.0146. The lowest BCUT2D eigenvalue weighted by molar-refractivity contribution is -0.124. The molecule has 1 aromatic rings. The molecule has 3 N–H and O–H groups in total. The second kappa shape index (κ2) is 5.27. The van der Waals surface area contributed by atoms with E-state index in [1.165, 1.54) is 17.5 Å². The number of hydrogen-bond acceptors (Lipinski definition) is 5. The van der Waals surface area contributed by atoms with E-state index < -0.39 is 16.1 Å². The molecule has 8 nitrogen and oxygen atoms in total. The van der Waals surface area contributed by atoms with Crippen LogP contribution in [-0.2, 0) is 14.8 Å². The Morgan fingerprint density at radius 3 is 2.89 bits per heavy atom. The van der Waals surface area contributed by atoms with Crippen LogP contribution in [0.25, 0.3) is 0 Å². The van der Waals surface area contributed by atoms with Gasteiger partial charge in [0.15, 0.2) is 5.03 Å². The van der Waals surface area contributed by atoms with Crippen molar-refractivity contribution in [1.82, 2.24) is 24.9 Å². The molecule has 1 unspecified atom stereocenters. The molecular weight excluding hydrogens is 270 g/mol. The molecule has 0 aromatic carbocycles. The van der Waals surface area contributed by atoms with E-state index in [1.807, 2.05) is 0 Å². The van der Waals surface area contributed by atoms with Crippen molar-refractivity contribution in [3.05, 3.63) is 12.0 Å². The van der Waals surface area contributed by atoms with Crippen molar-refractivity contribution in [3.8, 4) is 0 Å². The van der Waals surface area contributed by atoms with Gasteiger partial charge in [0.05, 0.1) is 6.20 Å². The van der Waals surface area contributed by atoms with Gasteiger partial charge < -0.3 is 15.6 Å². The van der Waals surface area contributed by atoms with Crippen LogP contribution in [0.3, 0.4) is 0 Å². The van der Waals surface area contributed by atoms with Gasteiger partial charge in [0.25, 0.3) is 10.0 Å². The molecule has 0 bridgehead atoms. The van der Waals surface area contributed by atoms with Crippen LogP contribution in [0.1, 0.15) is 5.82 Å². The SMILES string of the molecule is CNC(=O)C1CNCCN1S(=O)(=O)c1cnc(C)[nH]1. The van der Waals surface area contributed by atoms with Crippen molar-refractivity contribution in [1.29, 1.82) is 0 Å². The zero-order chi connectivity index (χ0) is 14.0. The molecule has 0 radical (unpaired) electrons. The third-order valence-corrected chi connectivity index (χ3v) is 4.83. The average molecular weight is 287 g/mol. The molecule has 1 atom stereocenters. The number of rotatable bonds is 3. The standard InChI is InChI=1S/C10H17N5O3S/c1-7-13-6-9(14-7)19(17,18)15-4-3-12-5-8(15)10(16)11-2/h6,8,12H,3-5H2,1-2H3,(H,11,16)(H,13,14). The normalized spacial score (nSPS) is 21.3. The number of hydrogen-bond donors (Lipinski definition) is 3. The van der Waals surface area contributed by atoms with Crippen LogP contribution in [0.15, 0.2) is 11.2 Å². The summed E-state index contributed by atoms with van der Waals surface area (Å²) in [5.74, 6) is 0.192. The minimum atomic E-state index is -3.73. The van der Waals surface area contributed by atoms with Gasteiger partial charge in [0.2, 0.25) is 5.91 Å². The third kappa shape index (κ3) is 2.62. The second-order valence-electron chi connectivity index (χ2n) is 4.28. The number of imidazole rings is 1. The maximum Gasteiger partial charge on any atom is 0.260 e. The molecule has 2 heterocycles. The van der Waals surface area contributed by atoms with E-state index in [1.54, 1.807) is 6.92 Å². The first-order valence-electron chi connectivity index (χ1n) is 5.92. The third-order valence-electron chi connectivity index (χ3n) is 3.01. The van der Waals surface area contributed by atoms with E-state index in [0.717, 1.165) is 0 Å². The summed E-state index contributed by atoms with van der Waals surface area (Å²) in [5.41, 5.74) is 0. The smallest absolute Gasteiger partial charge is 0.260 e. The highest BCUT2D eigenvalue weighted by Crippen LogP contribution is 2.17. The Kier molecular flexibility index (Phi) is 3.88. The molecule has 0 spiro atoms. The Balaban J connectivity index is 2.34. The molecule has 0 aliphatic carbocycles. The number of H-pyrrole nitrogens is 1. The first-order chi connectivity index (χ1) is 8.96. The molecule has 1 aliphatic rings. The Labute approximate surface area is 111 Å². The highest BCUT2D eigenvalue weighted by atomic mass is 32.2. The first kappa shape index (κ1) is 14.0. The lowest BCUT2D eigenvalue weighted by atomic mass is 10.2. The minimum Gasteiger partial charge on any atom is -0.358 e. The molecule has 106 valence electrons. The van der Waals surface area contributed by atoms with Crippen LogP contribution in [-0.4, -0.2) is 61.3 Å². The molecule has 1 amide bonds. The van der Waals surface area contributed by atoms with Crippen LogP contribution in [0.4, 0.5) is 0 Å². The fourth-order valence-corrected chi connectivity index (χ4v) is 3.57. The monoisotopic (exact) mass is 287 g/mol. The molecule has 1 saturated heterocycles. The average Bonchev–Trinajstić information content (AvgIpc) is 2.85. The zero-order valence-corrected chi connectivity index (χ0v) is 11.6. The van der Waals surface area contributed by atoms with E-state index in [4.69, 9.17) is 0 Å². The van der Waals surface area contributed by atoms with Crippen LogP contribution in [0.5, 0.6) is 0 Å². The van der Waals surface area contributed by atoms with E-state index in [-0.39, 0.29) is 17.5 Å². The number of sulfonamides is 1. The predicted octanol–water partition coefficient (Wildman–Crippen LogP) is -1.57. The molecule has 1 fully saturated rings. The van der Waals surface area contributed by atoms with E-state index in [9.17, 15) is 13.2 Å². The maximum absolute atomic E-state index is 12.5. The number of aryl methyl sites for hydroxylation is 1. The molecule has 9 heteroatoms.